The Morgan fingerprint density at radius 3 is 2.75 bits per heavy atom. The van der Waals surface area contributed by atoms with Crippen molar-refractivity contribution in [2.75, 3.05) is 6.54 Å². The van der Waals surface area contributed by atoms with Gasteiger partial charge in [-0.3, -0.25) is 4.98 Å². The van der Waals surface area contributed by atoms with E-state index in [1.807, 2.05) is 47.5 Å². The topological polar surface area (TPSA) is 37.7 Å². The zero-order chi connectivity index (χ0) is 13.8. The smallest absolute Gasteiger partial charge is 0.198 e. The summed E-state index contributed by atoms with van der Waals surface area (Å²) in [7, 11) is 0. The second-order valence-corrected chi connectivity index (χ2v) is 4.93. The van der Waals surface area contributed by atoms with Gasteiger partial charge < -0.3 is 4.84 Å². The predicted octanol–water partition coefficient (Wildman–Crippen LogP) is 3.25. The number of aliphatic imine (C=N–C) groups is 1. The summed E-state index contributed by atoms with van der Waals surface area (Å²) in [5, 5.41) is 2.56. The third-order valence-corrected chi connectivity index (χ3v) is 3.39. The summed E-state index contributed by atoms with van der Waals surface area (Å²) in [6.07, 6.45) is 3.98. The molecule has 2 heterocycles. The van der Waals surface area contributed by atoms with Gasteiger partial charge in [-0.05, 0) is 29.8 Å². The molecule has 20 heavy (non-hydrogen) atoms. The maximum absolute atomic E-state index is 5.90. The molecule has 0 saturated carbocycles. The number of rotatable bonds is 4. The summed E-state index contributed by atoms with van der Waals surface area (Å²) in [5.41, 5.74) is 2.10. The summed E-state index contributed by atoms with van der Waals surface area (Å²) in [6.45, 7) is 0.726. The van der Waals surface area contributed by atoms with Gasteiger partial charge in [0.2, 0.25) is 0 Å². The fraction of sp³-hybridized carbons (Fsp3) is 0.200. The van der Waals surface area contributed by atoms with Gasteiger partial charge in [-0.15, -0.1) is 5.06 Å². The molecule has 102 valence electrons. The lowest BCUT2D eigenvalue weighted by molar-refractivity contribution is -0.0789. The molecule has 1 aliphatic rings. The first-order valence-electron chi connectivity index (χ1n) is 6.43. The van der Waals surface area contributed by atoms with Crippen molar-refractivity contribution in [3.63, 3.8) is 0 Å². The van der Waals surface area contributed by atoms with Crippen molar-refractivity contribution in [2.45, 2.75) is 12.6 Å². The highest BCUT2D eigenvalue weighted by Gasteiger charge is 2.24. The summed E-state index contributed by atoms with van der Waals surface area (Å²) in [4.78, 5) is 14.1. The van der Waals surface area contributed by atoms with Crippen molar-refractivity contribution in [3.8, 4) is 0 Å². The van der Waals surface area contributed by atoms with Crippen molar-refractivity contribution in [3.05, 3.63) is 64.9 Å². The average molecular weight is 288 g/mol. The Balaban J connectivity index is 1.66. The number of hydroxylamine groups is 2. The van der Waals surface area contributed by atoms with Crippen LogP contribution >= 0.6 is 11.6 Å². The molecule has 0 fully saturated rings. The van der Waals surface area contributed by atoms with Crippen molar-refractivity contribution in [1.29, 1.82) is 0 Å². The van der Waals surface area contributed by atoms with E-state index in [4.69, 9.17) is 16.4 Å². The second-order valence-electron chi connectivity index (χ2n) is 4.50. The number of pyridine rings is 1. The first-order chi connectivity index (χ1) is 9.83. The fourth-order valence-corrected chi connectivity index (χ4v) is 2.24. The fourth-order valence-electron chi connectivity index (χ4n) is 2.11. The Hall–Kier alpha value is -1.91. The molecule has 0 amide bonds. The first kappa shape index (κ1) is 13.1. The highest BCUT2D eigenvalue weighted by molar-refractivity contribution is 6.30. The summed E-state index contributed by atoms with van der Waals surface area (Å²) in [6, 6.07) is 13.6. The van der Waals surface area contributed by atoms with Gasteiger partial charge in [0, 0.05) is 29.9 Å². The molecule has 5 heteroatoms. The van der Waals surface area contributed by atoms with Gasteiger partial charge in [-0.25, -0.2) is 4.99 Å². The highest BCUT2D eigenvalue weighted by Crippen LogP contribution is 2.26. The van der Waals surface area contributed by atoms with E-state index in [1.165, 1.54) is 6.40 Å². The van der Waals surface area contributed by atoms with Crippen LogP contribution in [0.25, 0.3) is 0 Å². The summed E-state index contributed by atoms with van der Waals surface area (Å²) in [5.74, 6) is 0. The van der Waals surface area contributed by atoms with Gasteiger partial charge >= 0.3 is 0 Å². The van der Waals surface area contributed by atoms with Crippen LogP contribution in [0, 0.1) is 0 Å². The Morgan fingerprint density at radius 1 is 1.15 bits per heavy atom. The first-order valence-corrected chi connectivity index (χ1v) is 6.81. The van der Waals surface area contributed by atoms with E-state index in [2.05, 4.69) is 9.98 Å². The molecule has 0 aliphatic carbocycles. The number of nitrogens with zero attached hydrogens (tertiary/aromatic N) is 3. The van der Waals surface area contributed by atoms with E-state index in [-0.39, 0.29) is 6.17 Å². The second kappa shape index (κ2) is 6.03. The number of benzene rings is 1. The third-order valence-electron chi connectivity index (χ3n) is 3.14. The van der Waals surface area contributed by atoms with Crippen LogP contribution in [0.3, 0.4) is 0 Å². The molecular weight excluding hydrogens is 274 g/mol. The largest absolute Gasteiger partial charge is 0.392 e. The van der Waals surface area contributed by atoms with Gasteiger partial charge in [0.15, 0.2) is 12.6 Å². The quantitative estimate of drug-likeness (QED) is 0.866. The summed E-state index contributed by atoms with van der Waals surface area (Å²) >= 11 is 5.90. The van der Waals surface area contributed by atoms with Crippen molar-refractivity contribution < 1.29 is 4.84 Å². The van der Waals surface area contributed by atoms with Crippen LogP contribution in [0.5, 0.6) is 0 Å². The molecule has 3 rings (SSSR count). The minimum Gasteiger partial charge on any atom is -0.392 e. The SMILES string of the molecule is Clc1ccc(C2N=CON2CCc2ccccn2)cc1. The number of halogens is 1. The van der Waals surface area contributed by atoms with Crippen molar-refractivity contribution >= 4 is 18.0 Å². The van der Waals surface area contributed by atoms with Crippen molar-refractivity contribution in [2.24, 2.45) is 4.99 Å². The van der Waals surface area contributed by atoms with Crippen LogP contribution in [0.1, 0.15) is 17.4 Å². The molecule has 0 saturated heterocycles. The monoisotopic (exact) mass is 287 g/mol. The van der Waals surface area contributed by atoms with E-state index in [0.29, 0.717) is 0 Å². The maximum Gasteiger partial charge on any atom is 0.198 e. The zero-order valence-electron chi connectivity index (χ0n) is 10.8. The van der Waals surface area contributed by atoms with Crippen LogP contribution in [0.2, 0.25) is 5.02 Å². The van der Waals surface area contributed by atoms with E-state index < -0.39 is 0 Å². The normalized spacial score (nSPS) is 18.1. The lowest BCUT2D eigenvalue weighted by Crippen LogP contribution is -2.25. The van der Waals surface area contributed by atoms with Crippen LogP contribution in [-0.4, -0.2) is 23.0 Å². The number of aromatic nitrogens is 1. The lowest BCUT2D eigenvalue weighted by Gasteiger charge is -2.20. The molecule has 0 spiro atoms. The standard InChI is InChI=1S/C15H14ClN3O/c16-13-6-4-12(5-7-13)15-18-11-20-19(15)10-8-14-3-1-2-9-17-14/h1-7,9,11,15H,8,10H2. The third kappa shape index (κ3) is 2.98. The molecule has 1 unspecified atom stereocenters. The highest BCUT2D eigenvalue weighted by atomic mass is 35.5. The van der Waals surface area contributed by atoms with Crippen molar-refractivity contribution in [1.82, 2.24) is 10.0 Å². The molecule has 1 aromatic carbocycles. The van der Waals surface area contributed by atoms with Crippen LogP contribution in [0.4, 0.5) is 0 Å². The van der Waals surface area contributed by atoms with E-state index in [9.17, 15) is 0 Å². The molecule has 4 nitrogen and oxygen atoms in total. The van der Waals surface area contributed by atoms with E-state index >= 15 is 0 Å². The summed E-state index contributed by atoms with van der Waals surface area (Å²) < 4.78 is 0. The van der Waals surface area contributed by atoms with Gasteiger partial charge in [0.25, 0.3) is 0 Å². The average Bonchev–Trinajstić information content (AvgIpc) is 2.95. The lowest BCUT2D eigenvalue weighted by atomic mass is 10.1. The maximum atomic E-state index is 5.90. The minimum absolute atomic E-state index is 0.115. The van der Waals surface area contributed by atoms with Gasteiger partial charge in [0.05, 0.1) is 0 Å². The Morgan fingerprint density at radius 2 is 2.00 bits per heavy atom. The predicted molar refractivity (Wildman–Crippen MR) is 78.4 cm³/mol. The molecule has 1 aliphatic heterocycles. The van der Waals surface area contributed by atoms with E-state index in [1.54, 1.807) is 6.20 Å². The Labute approximate surface area is 122 Å². The molecule has 0 radical (unpaired) electrons. The zero-order valence-corrected chi connectivity index (χ0v) is 11.6. The van der Waals surface area contributed by atoms with Crippen LogP contribution in [0.15, 0.2) is 53.7 Å². The van der Waals surface area contributed by atoms with E-state index in [0.717, 1.165) is 29.2 Å². The van der Waals surface area contributed by atoms with Crippen LogP contribution in [-0.2, 0) is 11.3 Å². The molecule has 0 bridgehead atoms. The Bertz CT molecular complexity index is 586. The van der Waals surface area contributed by atoms with Gasteiger partial charge in [-0.2, -0.15) is 0 Å². The number of hydrogen-bond acceptors (Lipinski definition) is 4. The minimum atomic E-state index is -0.115. The molecular formula is C15H14ClN3O. The van der Waals surface area contributed by atoms with Gasteiger partial charge in [-0.1, -0.05) is 29.8 Å². The Kier molecular flexibility index (Phi) is 3.95. The van der Waals surface area contributed by atoms with Crippen LogP contribution < -0.4 is 0 Å². The number of hydrogen-bond donors (Lipinski definition) is 0. The molecule has 2 aromatic rings. The molecule has 1 aromatic heterocycles. The van der Waals surface area contributed by atoms with Gasteiger partial charge in [0.1, 0.15) is 0 Å². The molecule has 1 atom stereocenters. The molecule has 0 N–H and O–H groups in total.